The second-order valence-corrected chi connectivity index (χ2v) is 3.72. The van der Waals surface area contributed by atoms with Crippen LogP contribution in [-0.2, 0) is 9.53 Å². The molecule has 0 aromatic heterocycles. The smallest absolute Gasteiger partial charge is 0.337 e. The van der Waals surface area contributed by atoms with Crippen LogP contribution in [0.25, 0.3) is 0 Å². The molecular weight excluding hydrogens is 232 g/mol. The standard InChI is InChI=1S/C13H18N2O3/c1-3-14-8-7-12(16)15-11-6-4-5-10(9-11)13(17)18-2/h4-6,9,14H,3,7-8H2,1-2H3,(H,15,16). The molecule has 1 amide bonds. The summed E-state index contributed by atoms with van der Waals surface area (Å²) < 4.78 is 4.61. The molecule has 5 nitrogen and oxygen atoms in total. The van der Waals surface area contributed by atoms with Crippen LogP contribution < -0.4 is 10.6 Å². The molecule has 1 aromatic rings. The van der Waals surface area contributed by atoms with Crippen LogP contribution >= 0.6 is 0 Å². The molecule has 0 bridgehead atoms. The van der Waals surface area contributed by atoms with E-state index in [1.165, 1.54) is 7.11 Å². The van der Waals surface area contributed by atoms with Crippen molar-refractivity contribution in [1.29, 1.82) is 0 Å². The Balaban J connectivity index is 2.56. The summed E-state index contributed by atoms with van der Waals surface area (Å²) in [5.74, 6) is -0.503. The largest absolute Gasteiger partial charge is 0.465 e. The summed E-state index contributed by atoms with van der Waals surface area (Å²) in [6, 6.07) is 6.67. The number of rotatable bonds is 6. The second kappa shape index (κ2) is 7.45. The summed E-state index contributed by atoms with van der Waals surface area (Å²) >= 11 is 0. The molecule has 1 aromatic carbocycles. The lowest BCUT2D eigenvalue weighted by molar-refractivity contribution is -0.116. The first-order valence-electron chi connectivity index (χ1n) is 5.86. The van der Waals surface area contributed by atoms with Crippen LogP contribution in [0.2, 0.25) is 0 Å². The summed E-state index contributed by atoms with van der Waals surface area (Å²) in [6.07, 6.45) is 0.399. The molecule has 1 rings (SSSR count). The van der Waals surface area contributed by atoms with Gasteiger partial charge in [0.05, 0.1) is 12.7 Å². The number of carbonyl (C=O) groups is 2. The van der Waals surface area contributed by atoms with Crippen molar-refractivity contribution in [2.45, 2.75) is 13.3 Å². The first-order valence-corrected chi connectivity index (χ1v) is 5.86. The molecule has 18 heavy (non-hydrogen) atoms. The van der Waals surface area contributed by atoms with Gasteiger partial charge in [0.15, 0.2) is 0 Å². The number of methoxy groups -OCH3 is 1. The van der Waals surface area contributed by atoms with E-state index < -0.39 is 5.97 Å². The average Bonchev–Trinajstić information content (AvgIpc) is 2.38. The van der Waals surface area contributed by atoms with E-state index in [0.29, 0.717) is 24.2 Å². The van der Waals surface area contributed by atoms with Crippen LogP contribution in [0.1, 0.15) is 23.7 Å². The van der Waals surface area contributed by atoms with E-state index in [1.54, 1.807) is 24.3 Å². The van der Waals surface area contributed by atoms with Gasteiger partial charge < -0.3 is 15.4 Å². The Morgan fingerprint density at radius 2 is 2.11 bits per heavy atom. The summed E-state index contributed by atoms with van der Waals surface area (Å²) in [7, 11) is 1.32. The van der Waals surface area contributed by atoms with Crippen molar-refractivity contribution in [2.75, 3.05) is 25.5 Å². The van der Waals surface area contributed by atoms with Crippen LogP contribution in [0.5, 0.6) is 0 Å². The Morgan fingerprint density at radius 1 is 1.33 bits per heavy atom. The third kappa shape index (κ3) is 4.55. The fraction of sp³-hybridized carbons (Fsp3) is 0.385. The Hall–Kier alpha value is -1.88. The van der Waals surface area contributed by atoms with Crippen molar-refractivity contribution in [2.24, 2.45) is 0 Å². The summed E-state index contributed by atoms with van der Waals surface area (Å²) in [5.41, 5.74) is 1.02. The number of ether oxygens (including phenoxy) is 1. The fourth-order valence-electron chi connectivity index (χ4n) is 1.44. The molecule has 98 valence electrons. The third-order valence-electron chi connectivity index (χ3n) is 2.35. The van der Waals surface area contributed by atoms with Crippen LogP contribution in [0.3, 0.4) is 0 Å². The highest BCUT2D eigenvalue weighted by Gasteiger charge is 2.07. The van der Waals surface area contributed by atoms with Crippen molar-refractivity contribution in [3.05, 3.63) is 29.8 Å². The molecule has 0 aliphatic rings. The number of hydrogen-bond acceptors (Lipinski definition) is 4. The van der Waals surface area contributed by atoms with Gasteiger partial charge in [-0.15, -0.1) is 0 Å². The third-order valence-corrected chi connectivity index (χ3v) is 2.35. The van der Waals surface area contributed by atoms with E-state index in [1.807, 2.05) is 6.92 Å². The van der Waals surface area contributed by atoms with Crippen molar-refractivity contribution in [3.8, 4) is 0 Å². The summed E-state index contributed by atoms with van der Waals surface area (Å²) in [4.78, 5) is 22.9. The Morgan fingerprint density at radius 3 is 2.78 bits per heavy atom. The van der Waals surface area contributed by atoms with Crippen LogP contribution in [-0.4, -0.2) is 32.1 Å². The van der Waals surface area contributed by atoms with Gasteiger partial charge in [0.25, 0.3) is 0 Å². The van der Waals surface area contributed by atoms with Gasteiger partial charge in [-0.05, 0) is 24.7 Å². The molecule has 0 unspecified atom stereocenters. The highest BCUT2D eigenvalue weighted by molar-refractivity contribution is 5.94. The van der Waals surface area contributed by atoms with Crippen LogP contribution in [0.4, 0.5) is 5.69 Å². The number of esters is 1. The average molecular weight is 250 g/mol. The number of nitrogens with one attached hydrogen (secondary N) is 2. The maximum Gasteiger partial charge on any atom is 0.337 e. The van der Waals surface area contributed by atoms with E-state index in [4.69, 9.17) is 0 Å². The van der Waals surface area contributed by atoms with Gasteiger partial charge in [-0.1, -0.05) is 13.0 Å². The Kier molecular flexibility index (Phi) is 5.87. The Labute approximate surface area is 107 Å². The zero-order valence-electron chi connectivity index (χ0n) is 10.7. The maximum atomic E-state index is 11.6. The molecule has 0 radical (unpaired) electrons. The number of amides is 1. The summed E-state index contributed by atoms with van der Waals surface area (Å²) in [5, 5.41) is 5.80. The molecule has 0 heterocycles. The maximum absolute atomic E-state index is 11.6. The number of benzene rings is 1. The van der Waals surface area contributed by atoms with Gasteiger partial charge in [-0.3, -0.25) is 4.79 Å². The lowest BCUT2D eigenvalue weighted by atomic mass is 10.2. The zero-order chi connectivity index (χ0) is 13.4. The minimum absolute atomic E-state index is 0.0852. The van der Waals surface area contributed by atoms with E-state index in [-0.39, 0.29) is 5.91 Å². The zero-order valence-corrected chi connectivity index (χ0v) is 10.7. The lowest BCUT2D eigenvalue weighted by Crippen LogP contribution is -2.21. The summed E-state index contributed by atoms with van der Waals surface area (Å²) in [6.45, 7) is 3.46. The quantitative estimate of drug-likeness (QED) is 0.591. The molecule has 2 N–H and O–H groups in total. The van der Waals surface area contributed by atoms with Crippen molar-refractivity contribution in [1.82, 2.24) is 5.32 Å². The van der Waals surface area contributed by atoms with Gasteiger partial charge in [0.1, 0.15) is 0 Å². The molecule has 0 spiro atoms. The molecule has 0 saturated carbocycles. The molecule has 0 aliphatic heterocycles. The Bertz CT molecular complexity index is 418. The first-order chi connectivity index (χ1) is 8.67. The lowest BCUT2D eigenvalue weighted by Gasteiger charge is -2.07. The van der Waals surface area contributed by atoms with Crippen molar-refractivity contribution < 1.29 is 14.3 Å². The topological polar surface area (TPSA) is 67.4 Å². The molecular formula is C13H18N2O3. The van der Waals surface area contributed by atoms with E-state index in [0.717, 1.165) is 6.54 Å². The predicted molar refractivity (Wildman–Crippen MR) is 69.6 cm³/mol. The minimum Gasteiger partial charge on any atom is -0.465 e. The van der Waals surface area contributed by atoms with E-state index in [2.05, 4.69) is 15.4 Å². The van der Waals surface area contributed by atoms with Crippen molar-refractivity contribution >= 4 is 17.6 Å². The normalized spacial score (nSPS) is 9.89. The van der Waals surface area contributed by atoms with Gasteiger partial charge in [0, 0.05) is 18.7 Å². The molecule has 5 heteroatoms. The minimum atomic E-state index is -0.418. The number of anilines is 1. The van der Waals surface area contributed by atoms with Gasteiger partial charge in [-0.2, -0.15) is 0 Å². The predicted octanol–water partition coefficient (Wildman–Crippen LogP) is 1.41. The van der Waals surface area contributed by atoms with Crippen LogP contribution in [0, 0.1) is 0 Å². The monoisotopic (exact) mass is 250 g/mol. The molecule has 0 atom stereocenters. The molecule has 0 fully saturated rings. The number of hydrogen-bond donors (Lipinski definition) is 2. The SMILES string of the molecule is CCNCCC(=O)Nc1cccc(C(=O)OC)c1. The molecule has 0 aliphatic carbocycles. The van der Waals surface area contributed by atoms with Crippen molar-refractivity contribution in [3.63, 3.8) is 0 Å². The fourth-order valence-corrected chi connectivity index (χ4v) is 1.44. The van der Waals surface area contributed by atoms with Crippen LogP contribution in [0.15, 0.2) is 24.3 Å². The number of carbonyl (C=O) groups excluding carboxylic acids is 2. The highest BCUT2D eigenvalue weighted by atomic mass is 16.5. The van der Waals surface area contributed by atoms with Gasteiger partial charge >= 0.3 is 5.97 Å². The van der Waals surface area contributed by atoms with Gasteiger partial charge in [-0.25, -0.2) is 4.79 Å². The highest BCUT2D eigenvalue weighted by Crippen LogP contribution is 2.11. The van der Waals surface area contributed by atoms with E-state index >= 15 is 0 Å². The molecule has 0 saturated heterocycles. The second-order valence-electron chi connectivity index (χ2n) is 3.72. The van der Waals surface area contributed by atoms with E-state index in [9.17, 15) is 9.59 Å². The van der Waals surface area contributed by atoms with Gasteiger partial charge in [0.2, 0.25) is 5.91 Å². The first kappa shape index (κ1) is 14.2.